The van der Waals surface area contributed by atoms with E-state index in [0.717, 1.165) is 11.3 Å². The van der Waals surface area contributed by atoms with E-state index in [0.29, 0.717) is 22.1 Å². The van der Waals surface area contributed by atoms with Gasteiger partial charge in [-0.2, -0.15) is 5.01 Å². The summed E-state index contributed by atoms with van der Waals surface area (Å²) in [5, 5.41) is 7.23. The van der Waals surface area contributed by atoms with E-state index in [1.807, 2.05) is 19.9 Å². The number of hydrogen-bond donors (Lipinski definition) is 2. The van der Waals surface area contributed by atoms with Gasteiger partial charge in [0.1, 0.15) is 23.7 Å². The predicted molar refractivity (Wildman–Crippen MR) is 113 cm³/mol. The third kappa shape index (κ3) is 3.80. The molecule has 3 aromatic rings. The number of ether oxygens (including phenoxy) is 1. The third-order valence-corrected chi connectivity index (χ3v) is 5.44. The zero-order valence-corrected chi connectivity index (χ0v) is 17.8. The summed E-state index contributed by atoms with van der Waals surface area (Å²) in [6.07, 6.45) is 0. The first-order valence-electron chi connectivity index (χ1n) is 9.97. The molecule has 1 fully saturated rings. The molecular weight excluding hydrogens is 412 g/mol. The highest BCUT2D eigenvalue weighted by atomic mass is 16.5. The van der Waals surface area contributed by atoms with Crippen molar-refractivity contribution in [1.29, 1.82) is 0 Å². The van der Waals surface area contributed by atoms with Gasteiger partial charge in [-0.3, -0.25) is 15.0 Å². The van der Waals surface area contributed by atoms with Crippen LogP contribution in [0, 0.1) is 13.8 Å². The number of aryl methyl sites for hydroxylation is 2. The van der Waals surface area contributed by atoms with E-state index in [4.69, 9.17) is 9.26 Å². The molecule has 9 heteroatoms. The maximum absolute atomic E-state index is 12.9. The maximum atomic E-state index is 12.9. The van der Waals surface area contributed by atoms with Gasteiger partial charge in [-0.25, -0.2) is 4.79 Å². The number of rotatable bonds is 6. The van der Waals surface area contributed by atoms with E-state index < -0.39 is 23.4 Å². The number of benzene rings is 2. The minimum atomic E-state index is -1.26. The van der Waals surface area contributed by atoms with Crippen LogP contribution in [0.15, 0.2) is 59.1 Å². The summed E-state index contributed by atoms with van der Waals surface area (Å²) in [5.74, 6) is 0.0762. The van der Waals surface area contributed by atoms with Gasteiger partial charge in [0.15, 0.2) is 0 Å². The van der Waals surface area contributed by atoms with Crippen LogP contribution in [0.3, 0.4) is 0 Å². The largest absolute Gasteiger partial charge is 0.489 e. The number of carbonyl (C=O) groups is 3. The van der Waals surface area contributed by atoms with Crippen LogP contribution in [0.5, 0.6) is 5.75 Å². The average molecular weight is 434 g/mol. The summed E-state index contributed by atoms with van der Waals surface area (Å²) < 4.78 is 10.8. The number of hydrazine groups is 1. The molecule has 1 aromatic heterocycles. The molecule has 32 heavy (non-hydrogen) atoms. The summed E-state index contributed by atoms with van der Waals surface area (Å²) in [7, 11) is 0. The minimum absolute atomic E-state index is 0.267. The van der Waals surface area contributed by atoms with Gasteiger partial charge < -0.3 is 14.6 Å². The van der Waals surface area contributed by atoms with Crippen LogP contribution in [0.2, 0.25) is 0 Å². The normalized spacial score (nSPS) is 17.9. The Labute approximate surface area is 184 Å². The van der Waals surface area contributed by atoms with Gasteiger partial charge >= 0.3 is 6.03 Å². The van der Waals surface area contributed by atoms with Crippen LogP contribution in [0.1, 0.15) is 39.9 Å². The quantitative estimate of drug-likeness (QED) is 0.577. The Morgan fingerprint density at radius 3 is 2.44 bits per heavy atom. The molecule has 0 unspecified atom stereocenters. The standard InChI is InChI=1S/C23H22N4O5/c1-14-19(15(2)32-26-14)13-31-18-11-9-16(10-12-18)20(28)25-27-21(29)23(3,24-22(27)30)17-7-5-4-6-8-17/h4-12H,13H2,1-3H3,(H,24,30)(H,25,28)/t23-/m0/s1. The van der Waals surface area contributed by atoms with Gasteiger partial charge in [0.2, 0.25) is 0 Å². The summed E-state index contributed by atoms with van der Waals surface area (Å²) in [5.41, 5.74) is 3.63. The monoisotopic (exact) mass is 434 g/mol. The highest BCUT2D eigenvalue weighted by Crippen LogP contribution is 2.27. The highest BCUT2D eigenvalue weighted by molar-refractivity contribution is 6.09. The lowest BCUT2D eigenvalue weighted by molar-refractivity contribution is -0.132. The Morgan fingerprint density at radius 1 is 1.12 bits per heavy atom. The lowest BCUT2D eigenvalue weighted by Crippen LogP contribution is -2.47. The Kier molecular flexibility index (Phi) is 5.40. The fourth-order valence-corrected chi connectivity index (χ4v) is 3.44. The molecule has 0 bridgehead atoms. The van der Waals surface area contributed by atoms with Crippen molar-refractivity contribution in [3.05, 3.63) is 82.7 Å². The second-order valence-corrected chi connectivity index (χ2v) is 7.62. The van der Waals surface area contributed by atoms with Crippen LogP contribution in [0.25, 0.3) is 0 Å². The zero-order valence-electron chi connectivity index (χ0n) is 17.8. The molecule has 9 nitrogen and oxygen atoms in total. The second-order valence-electron chi connectivity index (χ2n) is 7.62. The highest BCUT2D eigenvalue weighted by Gasteiger charge is 2.50. The van der Waals surface area contributed by atoms with E-state index >= 15 is 0 Å². The van der Waals surface area contributed by atoms with Gasteiger partial charge in [-0.15, -0.1) is 0 Å². The van der Waals surface area contributed by atoms with Crippen molar-refractivity contribution >= 4 is 17.8 Å². The lowest BCUT2D eigenvalue weighted by Gasteiger charge is -2.22. The van der Waals surface area contributed by atoms with E-state index in [-0.39, 0.29) is 12.2 Å². The van der Waals surface area contributed by atoms with Gasteiger partial charge in [0, 0.05) is 5.56 Å². The zero-order chi connectivity index (χ0) is 22.9. The number of carbonyl (C=O) groups excluding carboxylic acids is 3. The third-order valence-electron chi connectivity index (χ3n) is 5.44. The molecule has 1 aliphatic heterocycles. The molecule has 0 radical (unpaired) electrons. The Hall–Kier alpha value is -4.14. The van der Waals surface area contributed by atoms with Gasteiger partial charge in [0.25, 0.3) is 11.8 Å². The number of urea groups is 1. The molecule has 1 atom stereocenters. The number of nitrogens with zero attached hydrogens (tertiary/aromatic N) is 2. The van der Waals surface area contributed by atoms with Crippen molar-refractivity contribution in [2.24, 2.45) is 0 Å². The minimum Gasteiger partial charge on any atom is -0.489 e. The molecule has 2 heterocycles. The number of aromatic nitrogens is 1. The molecule has 164 valence electrons. The maximum Gasteiger partial charge on any atom is 0.344 e. The molecule has 0 aliphatic carbocycles. The fourth-order valence-electron chi connectivity index (χ4n) is 3.44. The number of imide groups is 1. The molecule has 0 spiro atoms. The second kappa shape index (κ2) is 8.18. The van der Waals surface area contributed by atoms with Crippen molar-refractivity contribution in [2.75, 3.05) is 0 Å². The molecule has 2 aromatic carbocycles. The van der Waals surface area contributed by atoms with E-state index in [9.17, 15) is 14.4 Å². The molecule has 1 aliphatic rings. The van der Waals surface area contributed by atoms with E-state index in [1.165, 1.54) is 0 Å². The molecule has 2 N–H and O–H groups in total. The Bertz CT molecular complexity index is 1150. The van der Waals surface area contributed by atoms with Crippen LogP contribution >= 0.6 is 0 Å². The van der Waals surface area contributed by atoms with Crippen LogP contribution in [-0.4, -0.2) is 28.0 Å². The summed E-state index contributed by atoms with van der Waals surface area (Å²) >= 11 is 0. The van der Waals surface area contributed by atoms with Crippen LogP contribution < -0.4 is 15.5 Å². The van der Waals surface area contributed by atoms with Gasteiger partial charge in [-0.05, 0) is 50.6 Å². The van der Waals surface area contributed by atoms with Crippen LogP contribution in [0.4, 0.5) is 4.79 Å². The number of nitrogens with one attached hydrogen (secondary N) is 2. The Balaban J connectivity index is 1.41. The fraction of sp³-hybridized carbons (Fsp3) is 0.217. The SMILES string of the molecule is Cc1noc(C)c1COc1ccc(C(=O)NN2C(=O)N[C@@](C)(c3ccccc3)C2=O)cc1. The van der Waals surface area contributed by atoms with Gasteiger partial charge in [-0.1, -0.05) is 35.5 Å². The van der Waals surface area contributed by atoms with Crippen molar-refractivity contribution in [2.45, 2.75) is 32.9 Å². The number of hydrogen-bond acceptors (Lipinski definition) is 6. The van der Waals surface area contributed by atoms with Crippen molar-refractivity contribution in [3.8, 4) is 5.75 Å². The predicted octanol–water partition coefficient (Wildman–Crippen LogP) is 2.98. The first-order valence-corrected chi connectivity index (χ1v) is 9.97. The van der Waals surface area contributed by atoms with Gasteiger partial charge in [0.05, 0.1) is 11.3 Å². The molecule has 0 saturated carbocycles. The van der Waals surface area contributed by atoms with E-state index in [2.05, 4.69) is 15.9 Å². The average Bonchev–Trinajstić information content (AvgIpc) is 3.23. The van der Waals surface area contributed by atoms with Crippen molar-refractivity contribution in [3.63, 3.8) is 0 Å². The molecule has 1 saturated heterocycles. The summed E-state index contributed by atoms with van der Waals surface area (Å²) in [6.45, 7) is 5.53. The summed E-state index contributed by atoms with van der Waals surface area (Å²) in [6, 6.07) is 14.5. The Morgan fingerprint density at radius 2 is 1.81 bits per heavy atom. The number of amides is 4. The van der Waals surface area contributed by atoms with E-state index in [1.54, 1.807) is 55.5 Å². The molecular formula is C23H22N4O5. The first kappa shape index (κ1) is 21.1. The van der Waals surface area contributed by atoms with Crippen molar-refractivity contribution < 1.29 is 23.6 Å². The topological polar surface area (TPSA) is 114 Å². The smallest absolute Gasteiger partial charge is 0.344 e. The van der Waals surface area contributed by atoms with Crippen LogP contribution in [-0.2, 0) is 16.9 Å². The molecule has 4 amide bonds. The summed E-state index contributed by atoms with van der Waals surface area (Å²) in [4.78, 5) is 37.9. The molecule has 4 rings (SSSR count). The lowest BCUT2D eigenvalue weighted by atomic mass is 9.92. The van der Waals surface area contributed by atoms with Crippen molar-refractivity contribution in [1.82, 2.24) is 20.9 Å². The first-order chi connectivity index (χ1) is 15.3.